The topological polar surface area (TPSA) is 55.8 Å². The molecule has 0 N–H and O–H groups in total. The van der Waals surface area contributed by atoms with Gasteiger partial charge in [-0.15, -0.1) is 0 Å². The quantitative estimate of drug-likeness (QED) is 0.453. The Bertz CT molecular complexity index is 569. The maximum atomic E-state index is 12.4. The lowest BCUT2D eigenvalue weighted by Crippen LogP contribution is -2.32. The third-order valence-electron chi connectivity index (χ3n) is 3.48. The second-order valence-electron chi connectivity index (χ2n) is 5.60. The van der Waals surface area contributed by atoms with Crippen molar-refractivity contribution in [3.05, 3.63) is 35.9 Å². The molecule has 1 aromatic carbocycles. The fourth-order valence-corrected chi connectivity index (χ4v) is 2.29. The number of carbonyl (C=O) groups excluding carboxylic acids is 2. The van der Waals surface area contributed by atoms with E-state index < -0.39 is 0 Å². The molecule has 25 heavy (non-hydrogen) atoms. The van der Waals surface area contributed by atoms with Gasteiger partial charge in [0.25, 0.3) is 0 Å². The Hall–Kier alpha value is -2.30. The predicted molar refractivity (Wildman–Crippen MR) is 99.4 cm³/mol. The van der Waals surface area contributed by atoms with E-state index in [2.05, 4.69) is 0 Å². The zero-order valence-electron chi connectivity index (χ0n) is 15.5. The lowest BCUT2D eigenvalue weighted by molar-refractivity contribution is -0.143. The third-order valence-corrected chi connectivity index (χ3v) is 3.48. The number of carbonyl (C=O) groups is 2. The summed E-state index contributed by atoms with van der Waals surface area (Å²) >= 11 is 0. The molecule has 0 spiro atoms. The molecule has 0 atom stereocenters. The molecular weight excluding hydrogens is 318 g/mol. The zero-order valence-corrected chi connectivity index (χ0v) is 15.5. The van der Waals surface area contributed by atoms with Crippen LogP contribution < -0.4 is 4.74 Å². The van der Waals surface area contributed by atoms with Crippen LogP contribution in [0.1, 0.15) is 45.6 Å². The van der Waals surface area contributed by atoms with Crippen molar-refractivity contribution < 1.29 is 19.1 Å². The Morgan fingerprint density at radius 3 is 2.52 bits per heavy atom. The molecule has 0 unspecified atom stereocenters. The van der Waals surface area contributed by atoms with E-state index in [1.54, 1.807) is 17.9 Å². The standard InChI is InChI=1S/C20H29NO4/c1-4-14-21(15-13-20(23)24-6-3)19(22)12-11-17-9-7-8-10-18(17)25-16-5-2/h7-12H,4-6,13-16H2,1-3H3/b12-11+. The summed E-state index contributed by atoms with van der Waals surface area (Å²) in [6.07, 6.45) is 5.27. The van der Waals surface area contributed by atoms with Crippen molar-refractivity contribution in [2.45, 2.75) is 40.0 Å². The Kier molecular flexibility index (Phi) is 10.1. The molecule has 1 aromatic rings. The molecule has 0 radical (unpaired) electrons. The molecule has 138 valence electrons. The van der Waals surface area contributed by atoms with E-state index in [0.29, 0.717) is 26.3 Å². The molecule has 0 aromatic heterocycles. The summed E-state index contributed by atoms with van der Waals surface area (Å²) in [5.74, 6) is 0.372. The highest BCUT2D eigenvalue weighted by molar-refractivity contribution is 5.92. The molecule has 5 heteroatoms. The van der Waals surface area contributed by atoms with Crippen molar-refractivity contribution in [3.8, 4) is 5.75 Å². The van der Waals surface area contributed by atoms with Crippen molar-refractivity contribution in [3.63, 3.8) is 0 Å². The fourth-order valence-electron chi connectivity index (χ4n) is 2.29. The van der Waals surface area contributed by atoms with Crippen LogP contribution in [0.3, 0.4) is 0 Å². The Labute approximate surface area is 150 Å². The number of ether oxygens (including phenoxy) is 2. The molecule has 0 saturated carbocycles. The van der Waals surface area contributed by atoms with Gasteiger partial charge < -0.3 is 14.4 Å². The summed E-state index contributed by atoms with van der Waals surface area (Å²) in [4.78, 5) is 25.6. The van der Waals surface area contributed by atoms with Crippen LogP contribution in [0.2, 0.25) is 0 Å². The molecule has 0 fully saturated rings. The number of para-hydroxylation sites is 1. The van der Waals surface area contributed by atoms with Crippen LogP contribution in [0.4, 0.5) is 0 Å². The van der Waals surface area contributed by atoms with Gasteiger partial charge in [0, 0.05) is 24.7 Å². The van der Waals surface area contributed by atoms with Gasteiger partial charge in [-0.05, 0) is 31.9 Å². The predicted octanol–water partition coefficient (Wildman–Crippen LogP) is 3.68. The first-order valence-corrected chi connectivity index (χ1v) is 8.96. The molecular formula is C20H29NO4. The van der Waals surface area contributed by atoms with Crippen molar-refractivity contribution >= 4 is 18.0 Å². The summed E-state index contributed by atoms with van der Waals surface area (Å²) < 4.78 is 10.6. The fraction of sp³-hybridized carbons (Fsp3) is 0.500. The largest absolute Gasteiger partial charge is 0.493 e. The van der Waals surface area contributed by atoms with Gasteiger partial charge in [-0.25, -0.2) is 0 Å². The van der Waals surface area contributed by atoms with Crippen LogP contribution in [0.25, 0.3) is 6.08 Å². The molecule has 5 nitrogen and oxygen atoms in total. The summed E-state index contributed by atoms with van der Waals surface area (Å²) in [5, 5.41) is 0. The number of amides is 1. The van der Waals surface area contributed by atoms with Crippen molar-refractivity contribution in [2.24, 2.45) is 0 Å². The van der Waals surface area contributed by atoms with Gasteiger partial charge in [0.1, 0.15) is 5.75 Å². The van der Waals surface area contributed by atoms with E-state index in [9.17, 15) is 9.59 Å². The average molecular weight is 347 g/mol. The highest BCUT2D eigenvalue weighted by atomic mass is 16.5. The first kappa shape index (κ1) is 20.7. The zero-order chi connectivity index (χ0) is 18.5. The molecule has 0 aliphatic rings. The van der Waals surface area contributed by atoms with Gasteiger partial charge >= 0.3 is 5.97 Å². The van der Waals surface area contributed by atoms with Crippen LogP contribution in [0.15, 0.2) is 30.3 Å². The molecule has 1 rings (SSSR count). The van der Waals surface area contributed by atoms with Crippen LogP contribution in [-0.2, 0) is 14.3 Å². The van der Waals surface area contributed by atoms with Crippen LogP contribution >= 0.6 is 0 Å². The summed E-state index contributed by atoms with van der Waals surface area (Å²) in [6.45, 7) is 7.79. The lowest BCUT2D eigenvalue weighted by atomic mass is 10.2. The highest BCUT2D eigenvalue weighted by Crippen LogP contribution is 2.19. The molecule has 0 saturated heterocycles. The van der Waals surface area contributed by atoms with Crippen LogP contribution in [-0.4, -0.2) is 43.1 Å². The minimum atomic E-state index is -0.279. The van der Waals surface area contributed by atoms with E-state index in [1.165, 1.54) is 6.08 Å². The normalized spacial score (nSPS) is 10.7. The molecule has 0 heterocycles. The van der Waals surface area contributed by atoms with Gasteiger partial charge in [-0.1, -0.05) is 32.0 Å². The molecule has 0 aliphatic carbocycles. The van der Waals surface area contributed by atoms with Crippen LogP contribution in [0.5, 0.6) is 5.75 Å². The maximum absolute atomic E-state index is 12.4. The van der Waals surface area contributed by atoms with Crippen LogP contribution in [0, 0.1) is 0 Å². The SMILES string of the molecule is CCCOc1ccccc1/C=C/C(=O)N(CCC)CCC(=O)OCC. The minimum absolute atomic E-state index is 0.114. The average Bonchev–Trinajstić information content (AvgIpc) is 2.62. The van der Waals surface area contributed by atoms with Gasteiger partial charge in [0.2, 0.25) is 5.91 Å². The maximum Gasteiger partial charge on any atom is 0.307 e. The van der Waals surface area contributed by atoms with Crippen molar-refractivity contribution in [1.82, 2.24) is 4.90 Å². The molecule has 0 bridgehead atoms. The first-order valence-electron chi connectivity index (χ1n) is 8.96. The van der Waals surface area contributed by atoms with E-state index >= 15 is 0 Å². The highest BCUT2D eigenvalue weighted by Gasteiger charge is 2.12. The van der Waals surface area contributed by atoms with Gasteiger partial charge in [-0.3, -0.25) is 9.59 Å². The Morgan fingerprint density at radius 2 is 1.84 bits per heavy atom. The number of benzene rings is 1. The summed E-state index contributed by atoms with van der Waals surface area (Å²) in [6, 6.07) is 7.63. The number of rotatable bonds is 11. The van der Waals surface area contributed by atoms with E-state index in [-0.39, 0.29) is 18.3 Å². The van der Waals surface area contributed by atoms with E-state index in [0.717, 1.165) is 24.2 Å². The Morgan fingerprint density at radius 1 is 1.08 bits per heavy atom. The first-order chi connectivity index (χ1) is 12.1. The lowest BCUT2D eigenvalue weighted by Gasteiger charge is -2.20. The summed E-state index contributed by atoms with van der Waals surface area (Å²) in [7, 11) is 0. The smallest absolute Gasteiger partial charge is 0.307 e. The number of esters is 1. The second-order valence-corrected chi connectivity index (χ2v) is 5.60. The summed E-state index contributed by atoms with van der Waals surface area (Å²) in [5.41, 5.74) is 0.867. The number of hydrogen-bond donors (Lipinski definition) is 0. The van der Waals surface area contributed by atoms with Crippen molar-refractivity contribution in [2.75, 3.05) is 26.3 Å². The molecule has 1 amide bonds. The third kappa shape index (κ3) is 7.88. The van der Waals surface area contributed by atoms with Gasteiger partial charge in [0.05, 0.1) is 19.6 Å². The Balaban J connectivity index is 2.72. The van der Waals surface area contributed by atoms with Gasteiger partial charge in [0.15, 0.2) is 0 Å². The number of hydrogen-bond acceptors (Lipinski definition) is 4. The second kappa shape index (κ2) is 12.1. The molecule has 0 aliphatic heterocycles. The van der Waals surface area contributed by atoms with Crippen molar-refractivity contribution in [1.29, 1.82) is 0 Å². The van der Waals surface area contributed by atoms with Gasteiger partial charge in [-0.2, -0.15) is 0 Å². The minimum Gasteiger partial charge on any atom is -0.493 e. The van der Waals surface area contributed by atoms with E-state index in [1.807, 2.05) is 38.1 Å². The van der Waals surface area contributed by atoms with E-state index in [4.69, 9.17) is 9.47 Å². The number of nitrogens with zero attached hydrogens (tertiary/aromatic N) is 1. The monoisotopic (exact) mass is 347 g/mol.